The van der Waals surface area contributed by atoms with Gasteiger partial charge < -0.3 is 19.7 Å². The summed E-state index contributed by atoms with van der Waals surface area (Å²) in [6.07, 6.45) is -1.47. The van der Waals surface area contributed by atoms with Crippen LogP contribution in [0.4, 0.5) is 0 Å². The van der Waals surface area contributed by atoms with Gasteiger partial charge in [-0.25, -0.2) is 4.79 Å². The lowest BCUT2D eigenvalue weighted by Gasteiger charge is -2.14. The highest BCUT2D eigenvalue weighted by molar-refractivity contribution is 5.77. The number of carbonyl (C=O) groups is 1. The summed E-state index contributed by atoms with van der Waals surface area (Å²) in [5.41, 5.74) is 0.773. The van der Waals surface area contributed by atoms with E-state index in [0.29, 0.717) is 11.3 Å². The molecule has 16 heavy (non-hydrogen) atoms. The van der Waals surface area contributed by atoms with Crippen LogP contribution in [0.3, 0.4) is 0 Å². The van der Waals surface area contributed by atoms with Gasteiger partial charge in [0.05, 0.1) is 14.2 Å². The second kappa shape index (κ2) is 4.85. The molecule has 0 bridgehead atoms. The van der Waals surface area contributed by atoms with Crippen molar-refractivity contribution in [1.29, 1.82) is 0 Å². The molecule has 0 fully saturated rings. The molecule has 1 atom stereocenters. The van der Waals surface area contributed by atoms with Crippen molar-refractivity contribution in [3.05, 3.63) is 23.3 Å². The number of aliphatic hydroxyl groups is 1. The van der Waals surface area contributed by atoms with E-state index in [2.05, 4.69) is 4.74 Å². The average Bonchev–Trinajstić information content (AvgIpc) is 2.30. The minimum atomic E-state index is -1.47. The van der Waals surface area contributed by atoms with Gasteiger partial charge in [0.2, 0.25) is 0 Å². The molecule has 88 valence electrons. The lowest BCUT2D eigenvalue weighted by molar-refractivity contribution is -0.150. The van der Waals surface area contributed by atoms with E-state index in [0.717, 1.165) is 0 Å². The number of aryl methyl sites for hydroxylation is 1. The molecular weight excluding hydrogens is 212 g/mol. The molecule has 1 aromatic rings. The highest BCUT2D eigenvalue weighted by atomic mass is 16.5. The SMILES string of the molecule is COC(=O)C(O)c1cc(O)c(C)cc1OC. The van der Waals surface area contributed by atoms with Gasteiger partial charge in [0.1, 0.15) is 11.5 Å². The summed E-state index contributed by atoms with van der Waals surface area (Å²) >= 11 is 0. The van der Waals surface area contributed by atoms with E-state index in [9.17, 15) is 15.0 Å². The summed E-state index contributed by atoms with van der Waals surface area (Å²) in [6, 6.07) is 2.83. The first-order valence-electron chi connectivity index (χ1n) is 4.64. The Bertz CT molecular complexity index is 400. The minimum Gasteiger partial charge on any atom is -0.508 e. The summed E-state index contributed by atoms with van der Waals surface area (Å²) in [5, 5.41) is 19.2. The van der Waals surface area contributed by atoms with Crippen molar-refractivity contribution in [1.82, 2.24) is 0 Å². The number of hydrogen-bond acceptors (Lipinski definition) is 5. The fourth-order valence-corrected chi connectivity index (χ4v) is 1.32. The number of ether oxygens (including phenoxy) is 2. The summed E-state index contributed by atoms with van der Waals surface area (Å²) in [4.78, 5) is 11.2. The number of carbonyl (C=O) groups excluding carboxylic acids is 1. The van der Waals surface area contributed by atoms with E-state index in [4.69, 9.17) is 4.74 Å². The molecule has 0 aromatic heterocycles. The van der Waals surface area contributed by atoms with Crippen LogP contribution in [-0.2, 0) is 9.53 Å². The number of benzene rings is 1. The molecule has 0 amide bonds. The van der Waals surface area contributed by atoms with E-state index in [1.807, 2.05) is 0 Å². The molecule has 0 saturated carbocycles. The van der Waals surface area contributed by atoms with Gasteiger partial charge in [0.15, 0.2) is 6.10 Å². The summed E-state index contributed by atoms with van der Waals surface area (Å²) in [7, 11) is 2.59. The molecule has 5 nitrogen and oxygen atoms in total. The minimum absolute atomic E-state index is 0.0150. The molecule has 0 spiro atoms. The smallest absolute Gasteiger partial charge is 0.339 e. The molecule has 0 aliphatic rings. The number of aromatic hydroxyl groups is 1. The third kappa shape index (κ3) is 2.25. The van der Waals surface area contributed by atoms with Crippen LogP contribution in [0.25, 0.3) is 0 Å². The summed E-state index contributed by atoms with van der Waals surface area (Å²) in [5.74, 6) is -0.492. The molecule has 0 aliphatic carbocycles. The van der Waals surface area contributed by atoms with E-state index >= 15 is 0 Å². The second-order valence-corrected chi connectivity index (χ2v) is 3.31. The molecule has 1 aromatic carbocycles. The van der Waals surface area contributed by atoms with Crippen LogP contribution in [-0.4, -0.2) is 30.4 Å². The van der Waals surface area contributed by atoms with Gasteiger partial charge >= 0.3 is 5.97 Å². The Labute approximate surface area is 93.2 Å². The Kier molecular flexibility index (Phi) is 3.73. The maximum atomic E-state index is 11.2. The Hall–Kier alpha value is -1.75. The van der Waals surface area contributed by atoms with Crippen molar-refractivity contribution in [3.63, 3.8) is 0 Å². The van der Waals surface area contributed by atoms with Crippen LogP contribution in [0, 0.1) is 6.92 Å². The van der Waals surface area contributed by atoms with Crippen LogP contribution in [0.15, 0.2) is 12.1 Å². The van der Waals surface area contributed by atoms with Gasteiger partial charge in [-0.1, -0.05) is 0 Å². The largest absolute Gasteiger partial charge is 0.508 e. The van der Waals surface area contributed by atoms with Crippen molar-refractivity contribution < 1.29 is 24.5 Å². The zero-order valence-electron chi connectivity index (χ0n) is 9.35. The number of aliphatic hydroxyl groups excluding tert-OH is 1. The zero-order valence-corrected chi connectivity index (χ0v) is 9.35. The van der Waals surface area contributed by atoms with Crippen molar-refractivity contribution in [3.8, 4) is 11.5 Å². The van der Waals surface area contributed by atoms with Crippen molar-refractivity contribution in [2.24, 2.45) is 0 Å². The van der Waals surface area contributed by atoms with E-state index in [1.165, 1.54) is 26.4 Å². The van der Waals surface area contributed by atoms with Gasteiger partial charge in [0, 0.05) is 5.56 Å². The van der Waals surface area contributed by atoms with Crippen molar-refractivity contribution in [2.45, 2.75) is 13.0 Å². The van der Waals surface area contributed by atoms with Gasteiger partial charge in [-0.3, -0.25) is 0 Å². The molecule has 5 heteroatoms. The molecule has 1 unspecified atom stereocenters. The maximum Gasteiger partial charge on any atom is 0.339 e. The Morgan fingerprint density at radius 1 is 1.38 bits per heavy atom. The lowest BCUT2D eigenvalue weighted by Crippen LogP contribution is -2.14. The predicted molar refractivity (Wildman–Crippen MR) is 56.4 cm³/mol. The van der Waals surface area contributed by atoms with E-state index in [-0.39, 0.29) is 11.3 Å². The predicted octanol–water partition coefficient (Wildman–Crippen LogP) is 0.916. The van der Waals surface area contributed by atoms with Crippen molar-refractivity contribution in [2.75, 3.05) is 14.2 Å². The van der Waals surface area contributed by atoms with Gasteiger partial charge in [-0.15, -0.1) is 0 Å². The highest BCUT2D eigenvalue weighted by Crippen LogP contribution is 2.32. The highest BCUT2D eigenvalue weighted by Gasteiger charge is 2.23. The topological polar surface area (TPSA) is 76.0 Å². The van der Waals surface area contributed by atoms with E-state index < -0.39 is 12.1 Å². The van der Waals surface area contributed by atoms with Crippen LogP contribution >= 0.6 is 0 Å². The second-order valence-electron chi connectivity index (χ2n) is 3.31. The van der Waals surface area contributed by atoms with Crippen LogP contribution in [0.2, 0.25) is 0 Å². The number of rotatable bonds is 3. The Morgan fingerprint density at radius 2 is 2.00 bits per heavy atom. The van der Waals surface area contributed by atoms with Crippen LogP contribution in [0.5, 0.6) is 11.5 Å². The van der Waals surface area contributed by atoms with Crippen LogP contribution < -0.4 is 4.74 Å². The standard InChI is InChI=1S/C11H14O5/c1-6-4-9(15-2)7(5-8(6)12)10(13)11(14)16-3/h4-5,10,12-13H,1-3H3. The number of esters is 1. The molecule has 0 radical (unpaired) electrons. The van der Waals surface area contributed by atoms with Gasteiger partial charge in [-0.05, 0) is 24.6 Å². The third-order valence-corrected chi connectivity index (χ3v) is 2.27. The number of methoxy groups -OCH3 is 2. The molecule has 0 aliphatic heterocycles. The van der Waals surface area contributed by atoms with Crippen molar-refractivity contribution >= 4 is 5.97 Å². The molecule has 0 saturated heterocycles. The first-order chi connectivity index (χ1) is 7.51. The molecule has 1 rings (SSSR count). The average molecular weight is 226 g/mol. The quantitative estimate of drug-likeness (QED) is 0.749. The molecule has 2 N–H and O–H groups in total. The van der Waals surface area contributed by atoms with Gasteiger partial charge in [-0.2, -0.15) is 0 Å². The Balaban J connectivity index is 3.21. The monoisotopic (exact) mass is 226 g/mol. The van der Waals surface area contributed by atoms with E-state index in [1.54, 1.807) is 6.92 Å². The lowest BCUT2D eigenvalue weighted by atomic mass is 10.0. The normalized spacial score (nSPS) is 12.0. The third-order valence-electron chi connectivity index (χ3n) is 2.27. The Morgan fingerprint density at radius 3 is 2.50 bits per heavy atom. The zero-order chi connectivity index (χ0) is 12.3. The number of phenolic OH excluding ortho intramolecular Hbond substituents is 1. The fourth-order valence-electron chi connectivity index (χ4n) is 1.32. The summed E-state index contributed by atoms with van der Waals surface area (Å²) < 4.78 is 9.43. The molecule has 0 heterocycles. The van der Waals surface area contributed by atoms with Crippen LogP contribution in [0.1, 0.15) is 17.2 Å². The number of hydrogen-bond donors (Lipinski definition) is 2. The number of phenols is 1. The molecular formula is C11H14O5. The maximum absolute atomic E-state index is 11.2. The fraction of sp³-hybridized carbons (Fsp3) is 0.364. The first kappa shape index (κ1) is 12.3. The first-order valence-corrected chi connectivity index (χ1v) is 4.64. The van der Waals surface area contributed by atoms with Gasteiger partial charge in [0.25, 0.3) is 0 Å². The summed E-state index contributed by atoms with van der Waals surface area (Å²) in [6.45, 7) is 1.69.